The molecule has 0 saturated heterocycles. The molecule has 0 saturated carbocycles. The molecule has 0 spiro atoms. The van der Waals surface area contributed by atoms with Gasteiger partial charge in [-0.05, 0) is 61.7 Å². The maximum absolute atomic E-state index is 12.8. The maximum Gasteiger partial charge on any atom is 0.272 e. The highest BCUT2D eigenvalue weighted by Gasteiger charge is 2.17. The van der Waals surface area contributed by atoms with Crippen LogP contribution >= 0.6 is 0 Å². The van der Waals surface area contributed by atoms with E-state index in [1.165, 1.54) is 11.1 Å². The number of amides is 1. The van der Waals surface area contributed by atoms with Crippen LogP contribution in [0.25, 0.3) is 11.0 Å². The van der Waals surface area contributed by atoms with Crippen LogP contribution < -0.4 is 4.74 Å². The Hall–Kier alpha value is -3.67. The van der Waals surface area contributed by atoms with E-state index in [0.29, 0.717) is 18.8 Å². The van der Waals surface area contributed by atoms with E-state index in [9.17, 15) is 4.79 Å². The molecule has 0 unspecified atom stereocenters. The fourth-order valence-electron chi connectivity index (χ4n) is 3.75. The van der Waals surface area contributed by atoms with Crippen molar-refractivity contribution in [3.8, 4) is 5.75 Å². The minimum absolute atomic E-state index is 0.123. The lowest BCUT2D eigenvalue weighted by Crippen LogP contribution is -2.28. The first-order chi connectivity index (χ1) is 15.5. The molecule has 0 aliphatic heterocycles. The number of para-hydroxylation sites is 2. The van der Waals surface area contributed by atoms with Crippen molar-refractivity contribution in [2.45, 2.75) is 33.4 Å². The van der Waals surface area contributed by atoms with Gasteiger partial charge in [-0.25, -0.2) is 4.98 Å². The second-order valence-corrected chi connectivity index (χ2v) is 7.94. The Kier molecular flexibility index (Phi) is 6.50. The van der Waals surface area contributed by atoms with Crippen molar-refractivity contribution >= 4 is 16.9 Å². The summed E-state index contributed by atoms with van der Waals surface area (Å²) in [7, 11) is 1.78. The first kappa shape index (κ1) is 21.6. The minimum atomic E-state index is -0.123. The Bertz CT molecular complexity index is 1220. The Morgan fingerprint density at radius 2 is 1.84 bits per heavy atom. The molecule has 164 valence electrons. The number of hydrogen-bond acceptors (Lipinski definition) is 4. The summed E-state index contributed by atoms with van der Waals surface area (Å²) < 4.78 is 8.22. The minimum Gasteiger partial charge on any atom is -0.493 e. The Morgan fingerprint density at radius 1 is 1.03 bits per heavy atom. The summed E-state index contributed by atoms with van der Waals surface area (Å²) in [4.78, 5) is 23.4. The summed E-state index contributed by atoms with van der Waals surface area (Å²) in [5.74, 6) is 1.66. The number of rotatable bonds is 8. The van der Waals surface area contributed by atoms with Crippen LogP contribution in [0, 0.1) is 13.8 Å². The average molecular weight is 429 g/mol. The topological polar surface area (TPSA) is 60.2 Å². The number of hydrogen-bond donors (Lipinski definition) is 0. The Labute approximate surface area is 188 Å². The number of pyridine rings is 1. The van der Waals surface area contributed by atoms with E-state index < -0.39 is 0 Å². The SMILES string of the molecule is Cc1cccc(OCCCn2c(CN(C)C(=O)c3ccccn3)nc3ccccc32)c1C. The molecule has 2 heterocycles. The molecule has 0 aliphatic carbocycles. The molecule has 0 atom stereocenters. The van der Waals surface area contributed by atoms with Crippen molar-refractivity contribution in [2.24, 2.45) is 0 Å². The van der Waals surface area contributed by atoms with Crippen LogP contribution in [0.3, 0.4) is 0 Å². The van der Waals surface area contributed by atoms with Crippen LogP contribution in [-0.4, -0.2) is 39.0 Å². The molecule has 0 N–H and O–H groups in total. The average Bonchev–Trinajstić information content (AvgIpc) is 3.16. The predicted molar refractivity (Wildman–Crippen MR) is 126 cm³/mol. The van der Waals surface area contributed by atoms with Crippen molar-refractivity contribution in [1.29, 1.82) is 0 Å². The fourth-order valence-corrected chi connectivity index (χ4v) is 3.75. The van der Waals surface area contributed by atoms with E-state index in [4.69, 9.17) is 9.72 Å². The first-order valence-corrected chi connectivity index (χ1v) is 10.8. The van der Waals surface area contributed by atoms with Crippen LogP contribution in [-0.2, 0) is 13.1 Å². The van der Waals surface area contributed by atoms with Gasteiger partial charge < -0.3 is 14.2 Å². The highest BCUT2D eigenvalue weighted by Crippen LogP contribution is 2.22. The molecule has 6 nitrogen and oxygen atoms in total. The molecule has 6 heteroatoms. The fraction of sp³-hybridized carbons (Fsp3) is 0.269. The standard InChI is InChI=1S/C26H28N4O2/c1-19-10-8-14-24(20(19)2)32-17-9-16-30-23-13-5-4-11-21(23)28-25(30)18-29(3)26(31)22-12-6-7-15-27-22/h4-8,10-15H,9,16-18H2,1-3H3. The molecule has 0 fully saturated rings. The smallest absolute Gasteiger partial charge is 0.272 e. The maximum atomic E-state index is 12.8. The predicted octanol–water partition coefficient (Wildman–Crippen LogP) is 4.79. The molecule has 32 heavy (non-hydrogen) atoms. The number of benzene rings is 2. The summed E-state index contributed by atoms with van der Waals surface area (Å²) in [6.07, 6.45) is 2.46. The Morgan fingerprint density at radius 3 is 2.66 bits per heavy atom. The first-order valence-electron chi connectivity index (χ1n) is 10.8. The quantitative estimate of drug-likeness (QED) is 0.379. The van der Waals surface area contributed by atoms with Crippen molar-refractivity contribution in [3.63, 3.8) is 0 Å². The highest BCUT2D eigenvalue weighted by molar-refractivity contribution is 5.92. The van der Waals surface area contributed by atoms with Gasteiger partial charge in [0.1, 0.15) is 17.3 Å². The van der Waals surface area contributed by atoms with Crippen LogP contribution in [0.4, 0.5) is 0 Å². The van der Waals surface area contributed by atoms with E-state index in [2.05, 4.69) is 35.5 Å². The van der Waals surface area contributed by atoms with E-state index >= 15 is 0 Å². The van der Waals surface area contributed by atoms with Crippen LogP contribution in [0.5, 0.6) is 5.75 Å². The van der Waals surface area contributed by atoms with E-state index in [1.54, 1.807) is 30.3 Å². The summed E-state index contributed by atoms with van der Waals surface area (Å²) >= 11 is 0. The molecule has 1 amide bonds. The molecule has 2 aromatic heterocycles. The largest absolute Gasteiger partial charge is 0.493 e. The van der Waals surface area contributed by atoms with Gasteiger partial charge in [0.2, 0.25) is 0 Å². The van der Waals surface area contributed by atoms with Gasteiger partial charge in [-0.15, -0.1) is 0 Å². The zero-order valence-corrected chi connectivity index (χ0v) is 18.8. The summed E-state index contributed by atoms with van der Waals surface area (Å²) in [6.45, 7) is 5.95. The van der Waals surface area contributed by atoms with E-state index in [0.717, 1.165) is 35.6 Å². The van der Waals surface area contributed by atoms with Crippen molar-refractivity contribution in [2.75, 3.05) is 13.7 Å². The lowest BCUT2D eigenvalue weighted by molar-refractivity contribution is 0.0774. The van der Waals surface area contributed by atoms with Gasteiger partial charge in [0.05, 0.1) is 24.2 Å². The van der Waals surface area contributed by atoms with Crippen LogP contribution in [0.2, 0.25) is 0 Å². The summed E-state index contributed by atoms with van der Waals surface area (Å²) in [6, 6.07) is 19.5. The van der Waals surface area contributed by atoms with Crippen molar-refractivity contribution < 1.29 is 9.53 Å². The number of imidazole rings is 1. The molecule has 2 aromatic carbocycles. The van der Waals surface area contributed by atoms with Crippen molar-refractivity contribution in [3.05, 3.63) is 89.5 Å². The van der Waals surface area contributed by atoms with Gasteiger partial charge in [-0.2, -0.15) is 0 Å². The molecule has 4 aromatic rings. The highest BCUT2D eigenvalue weighted by atomic mass is 16.5. The molecular weight excluding hydrogens is 400 g/mol. The van der Waals surface area contributed by atoms with Gasteiger partial charge in [0, 0.05) is 19.8 Å². The third-order valence-corrected chi connectivity index (χ3v) is 5.68. The number of fused-ring (bicyclic) bond motifs is 1. The van der Waals surface area contributed by atoms with Gasteiger partial charge >= 0.3 is 0 Å². The third kappa shape index (κ3) is 4.64. The molecule has 0 bridgehead atoms. The van der Waals surface area contributed by atoms with Gasteiger partial charge in [0.15, 0.2) is 0 Å². The zero-order chi connectivity index (χ0) is 22.5. The number of aryl methyl sites for hydroxylation is 2. The molecule has 0 radical (unpaired) electrons. The lowest BCUT2D eigenvalue weighted by Gasteiger charge is -2.18. The second-order valence-electron chi connectivity index (χ2n) is 7.94. The van der Waals surface area contributed by atoms with E-state index in [-0.39, 0.29) is 5.91 Å². The van der Waals surface area contributed by atoms with Gasteiger partial charge in [-0.3, -0.25) is 9.78 Å². The lowest BCUT2D eigenvalue weighted by atomic mass is 10.1. The van der Waals surface area contributed by atoms with Gasteiger partial charge in [-0.1, -0.05) is 30.3 Å². The van der Waals surface area contributed by atoms with Crippen LogP contribution in [0.15, 0.2) is 66.9 Å². The summed E-state index contributed by atoms with van der Waals surface area (Å²) in [5, 5.41) is 0. The van der Waals surface area contributed by atoms with Gasteiger partial charge in [0.25, 0.3) is 5.91 Å². The number of nitrogens with zero attached hydrogens (tertiary/aromatic N) is 4. The molecular formula is C26H28N4O2. The Balaban J connectivity index is 1.48. The number of ether oxygens (including phenoxy) is 1. The monoisotopic (exact) mass is 428 g/mol. The number of carbonyl (C=O) groups excluding carboxylic acids is 1. The third-order valence-electron chi connectivity index (χ3n) is 5.68. The number of aromatic nitrogens is 3. The molecule has 0 aliphatic rings. The normalized spacial score (nSPS) is 11.0. The van der Waals surface area contributed by atoms with E-state index in [1.807, 2.05) is 36.4 Å². The zero-order valence-electron chi connectivity index (χ0n) is 18.8. The molecule has 4 rings (SSSR count). The van der Waals surface area contributed by atoms with Crippen molar-refractivity contribution in [1.82, 2.24) is 19.4 Å². The number of carbonyl (C=O) groups is 1. The summed E-state index contributed by atoms with van der Waals surface area (Å²) in [5.41, 5.74) is 4.83. The second kappa shape index (κ2) is 9.64. The van der Waals surface area contributed by atoms with Crippen LogP contribution in [0.1, 0.15) is 33.9 Å².